The van der Waals surface area contributed by atoms with Crippen molar-refractivity contribution in [1.29, 1.82) is 0 Å². The van der Waals surface area contributed by atoms with Crippen LogP contribution in [0.25, 0.3) is 134 Å². The van der Waals surface area contributed by atoms with Crippen molar-refractivity contribution in [3.8, 4) is 78.1 Å². The molecule has 0 aliphatic heterocycles. The largest absolute Gasteiger partial charge is 0.309 e. The Labute approximate surface area is 479 Å². The second kappa shape index (κ2) is 18.3. The number of fused-ring (bicyclic) bond motifs is 12. The highest BCUT2D eigenvalue weighted by Gasteiger charge is 2.42. The van der Waals surface area contributed by atoms with Crippen LogP contribution in [0, 0.1) is 0 Å². The van der Waals surface area contributed by atoms with Gasteiger partial charge < -0.3 is 9.13 Å². The van der Waals surface area contributed by atoms with E-state index in [2.05, 4.69) is 316 Å². The molecule has 0 saturated carbocycles. The smallest absolute Gasteiger partial charge is 0.0541 e. The molecular formula is C80H58N2. The van der Waals surface area contributed by atoms with Gasteiger partial charge in [-0.3, -0.25) is 0 Å². The van der Waals surface area contributed by atoms with E-state index in [-0.39, 0.29) is 10.8 Å². The van der Waals surface area contributed by atoms with Crippen LogP contribution in [0.3, 0.4) is 0 Å². The van der Waals surface area contributed by atoms with Gasteiger partial charge in [-0.2, -0.15) is 0 Å². The van der Waals surface area contributed by atoms with Gasteiger partial charge in [0.15, 0.2) is 0 Å². The molecule has 0 fully saturated rings. The molecule has 2 heterocycles. The molecule has 2 aromatic heterocycles. The standard InChI is InChI=1S/C80H58N2/c1-79(2)71-47-59(56-31-27-52(28-32-56)24-23-51-25-29-55(30-26-51)57-37-43-77-69(45-57)65-19-11-13-21-75(65)81(77)61-17-9-6-10-18-61)35-41-63(71)67-49-74-68(50-73(67)79)64-42-36-60(48-72(64)80(74,3)4)58-38-44-78-70(46-58)66-20-12-14-22-76(66)82(78)62-39-33-54(34-40-62)53-15-7-5-8-16-53/h5-50H,1-4H3. The van der Waals surface area contributed by atoms with Crippen molar-refractivity contribution in [2.24, 2.45) is 0 Å². The summed E-state index contributed by atoms with van der Waals surface area (Å²) in [6.45, 7) is 9.66. The Morgan fingerprint density at radius 2 is 0.573 bits per heavy atom. The van der Waals surface area contributed by atoms with Crippen molar-refractivity contribution >= 4 is 55.8 Å². The average Bonchev–Trinajstić information content (AvgIpc) is 3.36. The lowest BCUT2D eigenvalue weighted by Gasteiger charge is -2.24. The van der Waals surface area contributed by atoms with Gasteiger partial charge in [0, 0.05) is 43.7 Å². The van der Waals surface area contributed by atoms with E-state index in [1.807, 2.05) is 0 Å². The topological polar surface area (TPSA) is 9.86 Å². The quantitative estimate of drug-likeness (QED) is 0.134. The third-order valence-corrected chi connectivity index (χ3v) is 18.4. The molecule has 0 saturated heterocycles. The van der Waals surface area contributed by atoms with Gasteiger partial charge in [-0.1, -0.05) is 222 Å². The van der Waals surface area contributed by atoms with Crippen molar-refractivity contribution in [3.63, 3.8) is 0 Å². The summed E-state index contributed by atoms with van der Waals surface area (Å²) >= 11 is 0. The minimum absolute atomic E-state index is 0.158. The molecule has 16 rings (SSSR count). The monoisotopic (exact) mass is 1050 g/mol. The van der Waals surface area contributed by atoms with Gasteiger partial charge in [0.05, 0.1) is 22.1 Å². The van der Waals surface area contributed by atoms with Gasteiger partial charge in [0.1, 0.15) is 0 Å². The van der Waals surface area contributed by atoms with Gasteiger partial charge >= 0.3 is 0 Å². The van der Waals surface area contributed by atoms with Crippen molar-refractivity contribution in [1.82, 2.24) is 9.13 Å². The predicted molar refractivity (Wildman–Crippen MR) is 347 cm³/mol. The second-order valence-corrected chi connectivity index (χ2v) is 23.7. The molecule has 0 bridgehead atoms. The molecule has 0 amide bonds. The van der Waals surface area contributed by atoms with Gasteiger partial charge in [0.25, 0.3) is 0 Å². The molecule has 12 aromatic carbocycles. The summed E-state index contributed by atoms with van der Waals surface area (Å²) in [6, 6.07) is 99.1. The summed E-state index contributed by atoms with van der Waals surface area (Å²) in [5.74, 6) is 0. The Kier molecular flexibility index (Phi) is 10.7. The van der Waals surface area contributed by atoms with Crippen LogP contribution in [-0.2, 0) is 10.8 Å². The molecule has 82 heavy (non-hydrogen) atoms. The van der Waals surface area contributed by atoms with Crippen LogP contribution >= 0.6 is 0 Å². The first-order valence-electron chi connectivity index (χ1n) is 28.8. The van der Waals surface area contributed by atoms with Crippen LogP contribution in [0.15, 0.2) is 267 Å². The molecule has 0 unspecified atom stereocenters. The normalized spacial score (nSPS) is 13.8. The molecule has 2 nitrogen and oxygen atoms in total. The summed E-state index contributed by atoms with van der Waals surface area (Å²) in [5.41, 5.74) is 30.1. The summed E-state index contributed by atoms with van der Waals surface area (Å²) in [4.78, 5) is 0. The molecule has 388 valence electrons. The number of benzene rings is 12. The molecule has 2 heteroatoms. The lowest BCUT2D eigenvalue weighted by Crippen LogP contribution is -2.17. The van der Waals surface area contributed by atoms with Crippen molar-refractivity contribution in [2.75, 3.05) is 0 Å². The first-order chi connectivity index (χ1) is 40.1. The van der Waals surface area contributed by atoms with Crippen LogP contribution in [0.4, 0.5) is 0 Å². The number of hydrogen-bond acceptors (Lipinski definition) is 0. The summed E-state index contributed by atoms with van der Waals surface area (Å²) in [7, 11) is 0. The molecule has 2 aliphatic carbocycles. The number of nitrogens with zero attached hydrogens (tertiary/aromatic N) is 2. The fraction of sp³-hybridized carbons (Fsp3) is 0.0750. The number of rotatable bonds is 8. The zero-order valence-corrected chi connectivity index (χ0v) is 46.5. The Balaban J connectivity index is 0.644. The van der Waals surface area contributed by atoms with Gasteiger partial charge in [0.2, 0.25) is 0 Å². The third kappa shape index (κ3) is 7.48. The molecule has 0 radical (unpaired) electrons. The Morgan fingerprint density at radius 3 is 1.07 bits per heavy atom. The zero-order valence-electron chi connectivity index (χ0n) is 46.5. The highest BCUT2D eigenvalue weighted by atomic mass is 15.0. The van der Waals surface area contributed by atoms with Crippen LogP contribution in [0.1, 0.15) is 61.1 Å². The SMILES string of the molecule is CC1(C)c2cc(-c3ccc(C=Cc4ccc(-c5ccc6c(c5)c5ccccc5n6-c5ccccc5)cc4)cc3)ccc2-c2cc3c(cc21)-c1ccc(-c2ccc4c(c2)c2ccccc2n4-c2ccc(-c4ccccc4)cc2)cc1C3(C)C. The predicted octanol–water partition coefficient (Wildman–Crippen LogP) is 21.3. The van der Waals surface area contributed by atoms with E-state index in [9.17, 15) is 0 Å². The van der Waals surface area contributed by atoms with E-state index >= 15 is 0 Å². The van der Waals surface area contributed by atoms with Crippen molar-refractivity contribution in [3.05, 3.63) is 300 Å². The average molecular weight is 1050 g/mol. The molecule has 14 aromatic rings. The molecule has 0 spiro atoms. The van der Waals surface area contributed by atoms with Crippen molar-refractivity contribution in [2.45, 2.75) is 38.5 Å². The Morgan fingerprint density at radius 1 is 0.244 bits per heavy atom. The van der Waals surface area contributed by atoms with E-state index in [0.717, 1.165) is 5.69 Å². The van der Waals surface area contributed by atoms with Crippen LogP contribution in [-0.4, -0.2) is 9.13 Å². The first kappa shape index (κ1) is 47.9. The fourth-order valence-corrected chi connectivity index (χ4v) is 14.0. The van der Waals surface area contributed by atoms with E-state index in [4.69, 9.17) is 0 Å². The highest BCUT2D eigenvalue weighted by molar-refractivity contribution is 6.12. The van der Waals surface area contributed by atoms with Gasteiger partial charge in [-0.05, 0) is 185 Å². The Bertz CT molecular complexity index is 4910. The number of aromatic nitrogens is 2. The maximum absolute atomic E-state index is 2.53. The molecule has 2 aliphatic rings. The van der Waals surface area contributed by atoms with Crippen LogP contribution in [0.2, 0.25) is 0 Å². The number of para-hydroxylation sites is 3. The number of hydrogen-bond donors (Lipinski definition) is 0. The lowest BCUT2D eigenvalue weighted by atomic mass is 9.79. The summed E-state index contributed by atoms with van der Waals surface area (Å²) < 4.78 is 4.78. The fourth-order valence-electron chi connectivity index (χ4n) is 14.0. The first-order valence-corrected chi connectivity index (χ1v) is 28.8. The summed E-state index contributed by atoms with van der Waals surface area (Å²) in [5, 5.41) is 5.06. The highest BCUT2D eigenvalue weighted by Crippen LogP contribution is 2.57. The van der Waals surface area contributed by atoms with E-state index < -0.39 is 0 Å². The van der Waals surface area contributed by atoms with E-state index in [1.54, 1.807) is 0 Å². The van der Waals surface area contributed by atoms with Gasteiger partial charge in [-0.25, -0.2) is 0 Å². The molecular weight excluding hydrogens is 989 g/mol. The van der Waals surface area contributed by atoms with Gasteiger partial charge in [-0.15, -0.1) is 0 Å². The van der Waals surface area contributed by atoms with Crippen LogP contribution in [0.5, 0.6) is 0 Å². The van der Waals surface area contributed by atoms with Crippen LogP contribution < -0.4 is 0 Å². The van der Waals surface area contributed by atoms with E-state index in [0.29, 0.717) is 0 Å². The van der Waals surface area contributed by atoms with E-state index in [1.165, 1.54) is 149 Å². The zero-order chi connectivity index (χ0) is 54.8. The molecule has 0 atom stereocenters. The second-order valence-electron chi connectivity index (χ2n) is 23.7. The van der Waals surface area contributed by atoms with Crippen molar-refractivity contribution < 1.29 is 0 Å². The third-order valence-electron chi connectivity index (χ3n) is 18.4. The summed E-state index contributed by atoms with van der Waals surface area (Å²) in [6.07, 6.45) is 4.44. The molecule has 0 N–H and O–H groups in total. The minimum Gasteiger partial charge on any atom is -0.309 e. The lowest BCUT2D eigenvalue weighted by molar-refractivity contribution is 0.652. The maximum atomic E-state index is 2.53. The minimum atomic E-state index is -0.170. The maximum Gasteiger partial charge on any atom is 0.0541 e. The Hall–Kier alpha value is -10.0.